The van der Waals surface area contributed by atoms with Crippen molar-refractivity contribution in [3.8, 4) is 11.5 Å². The number of aliphatic imine (C=N–C) groups is 1. The molecule has 1 aliphatic rings. The van der Waals surface area contributed by atoms with E-state index < -0.39 is 0 Å². The van der Waals surface area contributed by atoms with Crippen LogP contribution in [0.2, 0.25) is 0 Å². The average Bonchev–Trinajstić information content (AvgIpc) is 2.99. The molecule has 1 aliphatic heterocycles. The molecule has 0 aromatic heterocycles. The van der Waals surface area contributed by atoms with Crippen molar-refractivity contribution in [1.82, 2.24) is 16.0 Å². The minimum Gasteiger partial charge on any atom is -0.494 e. The summed E-state index contributed by atoms with van der Waals surface area (Å²) in [5.41, 5.74) is 1.83. The summed E-state index contributed by atoms with van der Waals surface area (Å²) in [5, 5.41) is 9.42. The number of benzene rings is 1. The minimum absolute atomic E-state index is 0. The number of hydrogen-bond donors (Lipinski definition) is 3. The first-order valence-electron chi connectivity index (χ1n) is 9.92. The summed E-state index contributed by atoms with van der Waals surface area (Å²) >= 11 is 0. The molecule has 0 aliphatic carbocycles. The summed E-state index contributed by atoms with van der Waals surface area (Å²) < 4.78 is 11.7. The Morgan fingerprint density at radius 1 is 1.24 bits per heavy atom. The van der Waals surface area contributed by atoms with E-state index in [4.69, 9.17) is 9.47 Å². The predicted molar refractivity (Wildman–Crippen MR) is 127 cm³/mol. The quantitative estimate of drug-likeness (QED) is 0.224. The summed E-state index contributed by atoms with van der Waals surface area (Å²) in [6.07, 6.45) is 1.11. The highest BCUT2D eigenvalue weighted by molar-refractivity contribution is 14.0. The molecule has 1 aromatic carbocycles. The molecule has 164 valence electrons. The third kappa shape index (κ3) is 7.56. The van der Waals surface area contributed by atoms with Gasteiger partial charge in [-0.05, 0) is 26.0 Å². The van der Waals surface area contributed by atoms with Crippen LogP contribution in [0.3, 0.4) is 0 Å². The van der Waals surface area contributed by atoms with Crippen molar-refractivity contribution in [3.05, 3.63) is 23.3 Å². The molecule has 0 fully saturated rings. The zero-order valence-corrected chi connectivity index (χ0v) is 20.7. The molecule has 0 spiro atoms. The number of halogens is 1. The third-order valence-electron chi connectivity index (χ3n) is 4.43. The fourth-order valence-corrected chi connectivity index (χ4v) is 2.93. The molecular formula is C21H35IN4O3. The lowest BCUT2D eigenvalue weighted by molar-refractivity contribution is -0.128. The van der Waals surface area contributed by atoms with Gasteiger partial charge >= 0.3 is 0 Å². The zero-order chi connectivity index (χ0) is 20.7. The monoisotopic (exact) mass is 518 g/mol. The highest BCUT2D eigenvalue weighted by Crippen LogP contribution is 2.35. The molecule has 0 radical (unpaired) electrons. The van der Waals surface area contributed by atoms with E-state index in [0.29, 0.717) is 32.2 Å². The van der Waals surface area contributed by atoms with Crippen LogP contribution in [0.4, 0.5) is 0 Å². The fourth-order valence-electron chi connectivity index (χ4n) is 2.93. The topological polar surface area (TPSA) is 84.0 Å². The van der Waals surface area contributed by atoms with Crippen LogP contribution < -0.4 is 25.4 Å². The van der Waals surface area contributed by atoms with Crippen LogP contribution in [0.15, 0.2) is 17.1 Å². The second kappa shape index (κ2) is 11.5. The van der Waals surface area contributed by atoms with Gasteiger partial charge in [0.2, 0.25) is 5.91 Å². The standard InChI is InChI=1S/C21H34N4O3.HI/c1-7-27-17-11-15-10-14(2)28-18(15)12-16(17)13-25-20(22-6)24-9-8-23-19(26)21(3,4)5;/h11-12,14H,7-10,13H2,1-6H3,(H,23,26)(H2,22,24,25);1H. The van der Waals surface area contributed by atoms with Crippen molar-refractivity contribution < 1.29 is 14.3 Å². The Bertz CT molecular complexity index is 717. The van der Waals surface area contributed by atoms with Crippen molar-refractivity contribution in [2.45, 2.75) is 53.7 Å². The van der Waals surface area contributed by atoms with Crippen LogP contribution in [0.25, 0.3) is 0 Å². The van der Waals surface area contributed by atoms with Crippen molar-refractivity contribution in [3.63, 3.8) is 0 Å². The van der Waals surface area contributed by atoms with Crippen molar-refractivity contribution in [2.24, 2.45) is 10.4 Å². The Kier molecular flexibility index (Phi) is 10.0. The molecule has 0 saturated heterocycles. The Morgan fingerprint density at radius 3 is 2.55 bits per heavy atom. The predicted octanol–water partition coefficient (Wildman–Crippen LogP) is 2.85. The van der Waals surface area contributed by atoms with Gasteiger partial charge in [-0.1, -0.05) is 20.8 Å². The molecule has 1 heterocycles. The number of fused-ring (bicyclic) bond motifs is 1. The second-order valence-corrected chi connectivity index (χ2v) is 7.99. The van der Waals surface area contributed by atoms with E-state index in [2.05, 4.69) is 33.9 Å². The van der Waals surface area contributed by atoms with E-state index in [1.165, 1.54) is 5.56 Å². The molecule has 1 unspecified atom stereocenters. The van der Waals surface area contributed by atoms with E-state index in [9.17, 15) is 4.79 Å². The molecule has 1 aromatic rings. The minimum atomic E-state index is -0.386. The van der Waals surface area contributed by atoms with Gasteiger partial charge in [-0.2, -0.15) is 0 Å². The Labute approximate surface area is 191 Å². The van der Waals surface area contributed by atoms with Crippen molar-refractivity contribution in [1.29, 1.82) is 0 Å². The number of rotatable bonds is 7. The van der Waals surface area contributed by atoms with Gasteiger partial charge in [0.1, 0.15) is 17.6 Å². The molecule has 7 nitrogen and oxygen atoms in total. The number of nitrogens with zero attached hydrogens (tertiary/aromatic N) is 1. The summed E-state index contributed by atoms with van der Waals surface area (Å²) in [5.74, 6) is 2.51. The highest BCUT2D eigenvalue weighted by Gasteiger charge is 2.22. The van der Waals surface area contributed by atoms with Gasteiger partial charge in [0, 0.05) is 49.6 Å². The average molecular weight is 518 g/mol. The van der Waals surface area contributed by atoms with E-state index in [0.717, 1.165) is 23.5 Å². The molecular weight excluding hydrogens is 483 g/mol. The van der Waals surface area contributed by atoms with Crippen LogP contribution in [0, 0.1) is 5.41 Å². The number of carbonyl (C=O) groups excluding carboxylic acids is 1. The summed E-state index contributed by atoms with van der Waals surface area (Å²) in [6.45, 7) is 12.0. The summed E-state index contributed by atoms with van der Waals surface area (Å²) in [4.78, 5) is 16.1. The lowest BCUT2D eigenvalue weighted by Gasteiger charge is -2.18. The summed E-state index contributed by atoms with van der Waals surface area (Å²) in [7, 11) is 1.72. The van der Waals surface area contributed by atoms with Crippen LogP contribution in [-0.4, -0.2) is 44.7 Å². The van der Waals surface area contributed by atoms with E-state index >= 15 is 0 Å². The first kappa shape index (κ1) is 25.3. The van der Waals surface area contributed by atoms with Gasteiger partial charge in [-0.15, -0.1) is 24.0 Å². The maximum Gasteiger partial charge on any atom is 0.225 e. The number of nitrogens with one attached hydrogen (secondary N) is 3. The lowest BCUT2D eigenvalue weighted by atomic mass is 9.96. The van der Waals surface area contributed by atoms with Gasteiger partial charge < -0.3 is 25.4 Å². The number of carbonyl (C=O) groups is 1. The van der Waals surface area contributed by atoms with Gasteiger partial charge in [-0.25, -0.2) is 0 Å². The van der Waals surface area contributed by atoms with Crippen molar-refractivity contribution >= 4 is 35.8 Å². The van der Waals surface area contributed by atoms with Gasteiger partial charge in [-0.3, -0.25) is 9.79 Å². The summed E-state index contributed by atoms with van der Waals surface area (Å²) in [6, 6.07) is 4.13. The number of guanidine groups is 1. The van der Waals surface area contributed by atoms with Crippen LogP contribution in [0.1, 0.15) is 45.7 Å². The normalized spacial score (nSPS) is 15.7. The molecule has 3 N–H and O–H groups in total. The van der Waals surface area contributed by atoms with Crippen molar-refractivity contribution in [2.75, 3.05) is 26.7 Å². The van der Waals surface area contributed by atoms with E-state index in [1.807, 2.05) is 33.8 Å². The molecule has 1 atom stereocenters. The van der Waals surface area contributed by atoms with Gasteiger partial charge in [0.05, 0.1) is 6.61 Å². The van der Waals surface area contributed by atoms with Gasteiger partial charge in [0.25, 0.3) is 0 Å². The maximum absolute atomic E-state index is 11.9. The Hall–Kier alpha value is -1.71. The molecule has 8 heteroatoms. The highest BCUT2D eigenvalue weighted by atomic mass is 127. The van der Waals surface area contributed by atoms with Crippen LogP contribution >= 0.6 is 24.0 Å². The number of ether oxygens (including phenoxy) is 2. The molecule has 29 heavy (non-hydrogen) atoms. The zero-order valence-electron chi connectivity index (χ0n) is 18.3. The Morgan fingerprint density at radius 2 is 1.93 bits per heavy atom. The van der Waals surface area contributed by atoms with Gasteiger partial charge in [0.15, 0.2) is 5.96 Å². The largest absolute Gasteiger partial charge is 0.494 e. The van der Waals surface area contributed by atoms with Crippen LogP contribution in [-0.2, 0) is 17.8 Å². The lowest BCUT2D eigenvalue weighted by Crippen LogP contribution is -2.43. The smallest absolute Gasteiger partial charge is 0.225 e. The number of amides is 1. The van der Waals surface area contributed by atoms with E-state index in [-0.39, 0.29) is 41.4 Å². The maximum atomic E-state index is 11.9. The molecule has 1 amide bonds. The SMILES string of the molecule is CCOc1cc2c(cc1CNC(=NC)NCCNC(=O)C(C)(C)C)OC(C)C2.I. The number of hydrogen-bond acceptors (Lipinski definition) is 4. The molecule has 2 rings (SSSR count). The first-order chi connectivity index (χ1) is 13.2. The fraction of sp³-hybridized carbons (Fsp3) is 0.619. The molecule has 0 bridgehead atoms. The second-order valence-electron chi connectivity index (χ2n) is 7.99. The van der Waals surface area contributed by atoms with Crippen LogP contribution in [0.5, 0.6) is 11.5 Å². The third-order valence-corrected chi connectivity index (χ3v) is 4.43. The Balaban J connectivity index is 0.00000420. The van der Waals surface area contributed by atoms with E-state index in [1.54, 1.807) is 7.05 Å². The first-order valence-corrected chi connectivity index (χ1v) is 9.92. The molecule has 0 saturated carbocycles.